The van der Waals surface area contributed by atoms with Crippen molar-refractivity contribution in [1.29, 1.82) is 0 Å². The lowest BCUT2D eigenvalue weighted by atomic mass is 10.0. The Morgan fingerprint density at radius 3 is 2.14 bits per heavy atom. The zero-order chi connectivity index (χ0) is 11.2. The lowest BCUT2D eigenvalue weighted by Crippen LogP contribution is -2.51. The summed E-state index contributed by atoms with van der Waals surface area (Å²) in [6, 6.07) is 0. The van der Waals surface area contributed by atoms with Crippen LogP contribution in [-0.4, -0.2) is 36.0 Å². The van der Waals surface area contributed by atoms with E-state index in [9.17, 15) is 5.11 Å². The van der Waals surface area contributed by atoms with E-state index in [4.69, 9.17) is 4.74 Å². The van der Waals surface area contributed by atoms with Gasteiger partial charge < -0.3 is 15.2 Å². The molecule has 0 aromatic heterocycles. The molecule has 3 heteroatoms. The second-order valence-electron chi connectivity index (χ2n) is 4.65. The monoisotopic (exact) mass is 203 g/mol. The SMILES string of the molecule is CCNC(C)(CO)COC(C)(C)CC. The zero-order valence-corrected chi connectivity index (χ0v) is 10.2. The molecular formula is C11H25NO2. The standard InChI is InChI=1S/C11H25NO2/c1-6-10(3,4)14-9-11(5,8-13)12-7-2/h12-13H,6-9H2,1-5H3. The second kappa shape index (κ2) is 5.69. The Labute approximate surface area is 87.8 Å². The lowest BCUT2D eigenvalue weighted by molar-refractivity contribution is -0.0569. The van der Waals surface area contributed by atoms with Crippen LogP contribution in [0.1, 0.15) is 41.0 Å². The molecule has 0 aliphatic heterocycles. The molecule has 0 aliphatic carbocycles. The van der Waals surface area contributed by atoms with Crippen LogP contribution in [0.4, 0.5) is 0 Å². The highest BCUT2D eigenvalue weighted by molar-refractivity contribution is 4.83. The molecule has 0 heterocycles. The first kappa shape index (κ1) is 13.9. The molecule has 1 atom stereocenters. The first-order valence-electron chi connectivity index (χ1n) is 5.39. The van der Waals surface area contributed by atoms with E-state index >= 15 is 0 Å². The molecule has 0 bridgehead atoms. The molecule has 0 radical (unpaired) electrons. The minimum atomic E-state index is -0.318. The molecule has 0 rings (SSSR count). The van der Waals surface area contributed by atoms with Crippen molar-refractivity contribution in [2.24, 2.45) is 0 Å². The Kier molecular flexibility index (Phi) is 5.64. The summed E-state index contributed by atoms with van der Waals surface area (Å²) in [7, 11) is 0. The molecule has 0 aliphatic rings. The van der Waals surface area contributed by atoms with Crippen molar-refractivity contribution in [1.82, 2.24) is 5.32 Å². The molecule has 1 unspecified atom stereocenters. The van der Waals surface area contributed by atoms with Crippen molar-refractivity contribution in [3.63, 3.8) is 0 Å². The van der Waals surface area contributed by atoms with Crippen LogP contribution in [-0.2, 0) is 4.74 Å². The molecule has 0 aromatic rings. The van der Waals surface area contributed by atoms with Crippen LogP contribution in [0.5, 0.6) is 0 Å². The number of likely N-dealkylation sites (N-methyl/N-ethyl adjacent to an activating group) is 1. The Balaban J connectivity index is 4.06. The van der Waals surface area contributed by atoms with Gasteiger partial charge in [0, 0.05) is 0 Å². The molecule has 0 saturated carbocycles. The van der Waals surface area contributed by atoms with E-state index in [-0.39, 0.29) is 17.7 Å². The fourth-order valence-corrected chi connectivity index (χ4v) is 1.04. The smallest absolute Gasteiger partial charge is 0.0675 e. The molecule has 0 fully saturated rings. The topological polar surface area (TPSA) is 41.5 Å². The maximum Gasteiger partial charge on any atom is 0.0675 e. The van der Waals surface area contributed by atoms with Crippen LogP contribution >= 0.6 is 0 Å². The second-order valence-corrected chi connectivity index (χ2v) is 4.65. The van der Waals surface area contributed by atoms with E-state index in [1.807, 2.05) is 13.8 Å². The molecule has 0 aromatic carbocycles. The predicted octanol–water partition coefficient (Wildman–Crippen LogP) is 1.55. The third-order valence-electron chi connectivity index (χ3n) is 2.59. The largest absolute Gasteiger partial charge is 0.394 e. The summed E-state index contributed by atoms with van der Waals surface area (Å²) in [5, 5.41) is 12.5. The molecule has 0 amide bonds. The Hall–Kier alpha value is -0.120. The third kappa shape index (κ3) is 4.94. The number of aliphatic hydroxyl groups is 1. The van der Waals surface area contributed by atoms with E-state index in [0.717, 1.165) is 13.0 Å². The van der Waals surface area contributed by atoms with Crippen molar-refractivity contribution in [3.8, 4) is 0 Å². The van der Waals surface area contributed by atoms with Gasteiger partial charge in [0.1, 0.15) is 0 Å². The molecule has 2 N–H and O–H groups in total. The van der Waals surface area contributed by atoms with Gasteiger partial charge in [0.15, 0.2) is 0 Å². The molecule has 14 heavy (non-hydrogen) atoms. The van der Waals surface area contributed by atoms with Gasteiger partial charge in [-0.3, -0.25) is 0 Å². The summed E-state index contributed by atoms with van der Waals surface area (Å²) < 4.78 is 5.76. The quantitative estimate of drug-likeness (QED) is 0.659. The van der Waals surface area contributed by atoms with Gasteiger partial charge in [-0.15, -0.1) is 0 Å². The summed E-state index contributed by atoms with van der Waals surface area (Å²) in [4.78, 5) is 0. The maximum atomic E-state index is 9.24. The number of rotatable bonds is 7. The van der Waals surface area contributed by atoms with Crippen LogP contribution in [0, 0.1) is 0 Å². The van der Waals surface area contributed by atoms with Crippen LogP contribution in [0.25, 0.3) is 0 Å². The first-order valence-corrected chi connectivity index (χ1v) is 5.39. The fraction of sp³-hybridized carbons (Fsp3) is 1.00. The van der Waals surface area contributed by atoms with Crippen molar-refractivity contribution in [3.05, 3.63) is 0 Å². The summed E-state index contributed by atoms with van der Waals surface area (Å²) in [6.45, 7) is 11.7. The van der Waals surface area contributed by atoms with Crippen LogP contribution in [0.15, 0.2) is 0 Å². The molecule has 3 nitrogen and oxygen atoms in total. The van der Waals surface area contributed by atoms with Crippen LogP contribution in [0.2, 0.25) is 0 Å². The molecule has 0 saturated heterocycles. The average Bonchev–Trinajstić information content (AvgIpc) is 2.16. The van der Waals surface area contributed by atoms with Crippen molar-refractivity contribution < 1.29 is 9.84 Å². The van der Waals surface area contributed by atoms with Crippen LogP contribution < -0.4 is 5.32 Å². The number of hydrogen-bond acceptors (Lipinski definition) is 3. The predicted molar refractivity (Wildman–Crippen MR) is 59.5 cm³/mol. The Morgan fingerprint density at radius 1 is 1.21 bits per heavy atom. The van der Waals surface area contributed by atoms with Gasteiger partial charge in [0.05, 0.1) is 24.4 Å². The van der Waals surface area contributed by atoms with Gasteiger partial charge in [-0.25, -0.2) is 0 Å². The van der Waals surface area contributed by atoms with Crippen molar-refractivity contribution in [2.45, 2.75) is 52.2 Å². The van der Waals surface area contributed by atoms with Gasteiger partial charge in [-0.05, 0) is 33.7 Å². The highest BCUT2D eigenvalue weighted by Crippen LogP contribution is 2.16. The minimum absolute atomic E-state index is 0.0979. The average molecular weight is 203 g/mol. The highest BCUT2D eigenvalue weighted by atomic mass is 16.5. The highest BCUT2D eigenvalue weighted by Gasteiger charge is 2.26. The molecule has 86 valence electrons. The summed E-state index contributed by atoms with van der Waals surface area (Å²) in [5.41, 5.74) is -0.424. The summed E-state index contributed by atoms with van der Waals surface area (Å²) in [5.74, 6) is 0. The Morgan fingerprint density at radius 2 is 1.79 bits per heavy atom. The van der Waals surface area contributed by atoms with E-state index in [2.05, 4.69) is 26.1 Å². The number of nitrogens with one attached hydrogen (secondary N) is 1. The summed E-state index contributed by atoms with van der Waals surface area (Å²) in [6.07, 6.45) is 0.973. The first-order chi connectivity index (χ1) is 6.39. The Bertz CT molecular complexity index is 159. The van der Waals surface area contributed by atoms with E-state index in [1.165, 1.54) is 0 Å². The number of ether oxygens (including phenoxy) is 1. The lowest BCUT2D eigenvalue weighted by Gasteiger charge is -2.33. The normalized spacial score (nSPS) is 16.7. The third-order valence-corrected chi connectivity index (χ3v) is 2.59. The zero-order valence-electron chi connectivity index (χ0n) is 10.2. The number of aliphatic hydroxyl groups excluding tert-OH is 1. The summed E-state index contributed by atoms with van der Waals surface area (Å²) >= 11 is 0. The van der Waals surface area contributed by atoms with Crippen molar-refractivity contribution >= 4 is 0 Å². The van der Waals surface area contributed by atoms with Gasteiger partial charge in [-0.1, -0.05) is 13.8 Å². The molecular weight excluding hydrogens is 178 g/mol. The maximum absolute atomic E-state index is 9.24. The fourth-order valence-electron chi connectivity index (χ4n) is 1.04. The minimum Gasteiger partial charge on any atom is -0.394 e. The van der Waals surface area contributed by atoms with E-state index in [0.29, 0.717) is 6.61 Å². The van der Waals surface area contributed by atoms with E-state index < -0.39 is 0 Å². The number of hydrogen-bond donors (Lipinski definition) is 2. The van der Waals surface area contributed by atoms with Crippen LogP contribution in [0.3, 0.4) is 0 Å². The molecule has 0 spiro atoms. The van der Waals surface area contributed by atoms with Gasteiger partial charge >= 0.3 is 0 Å². The van der Waals surface area contributed by atoms with Crippen molar-refractivity contribution in [2.75, 3.05) is 19.8 Å². The van der Waals surface area contributed by atoms with E-state index in [1.54, 1.807) is 0 Å². The van der Waals surface area contributed by atoms with Gasteiger partial charge in [0.2, 0.25) is 0 Å². The van der Waals surface area contributed by atoms with Gasteiger partial charge in [-0.2, -0.15) is 0 Å². The van der Waals surface area contributed by atoms with Gasteiger partial charge in [0.25, 0.3) is 0 Å².